The molecule has 4 aliphatic rings. The Morgan fingerprint density at radius 2 is 1.90 bits per heavy atom. The summed E-state index contributed by atoms with van der Waals surface area (Å²) in [5.74, 6) is 3.24. The van der Waals surface area contributed by atoms with Crippen LogP contribution in [-0.4, -0.2) is 17.0 Å². The fraction of sp³-hybridized carbons (Fsp3) is 0.828. The zero-order valence-corrected chi connectivity index (χ0v) is 21.1. The zero-order valence-electron chi connectivity index (χ0n) is 21.1. The molecule has 3 fully saturated rings. The molecule has 0 aromatic heterocycles. The molecule has 8 atom stereocenters. The molecule has 0 aromatic rings. The van der Waals surface area contributed by atoms with Gasteiger partial charge in [-0.15, -0.1) is 0 Å². The molecule has 4 rings (SSSR count). The van der Waals surface area contributed by atoms with Crippen LogP contribution in [0.5, 0.6) is 0 Å². The predicted molar refractivity (Wildman–Crippen MR) is 129 cm³/mol. The molecule has 3 saturated carbocycles. The molecule has 0 aromatic carbocycles. The topological polar surface area (TPSA) is 37.3 Å². The van der Waals surface area contributed by atoms with Crippen LogP contribution in [-0.2, 0) is 4.79 Å². The average molecular weight is 427 g/mol. The fourth-order valence-corrected chi connectivity index (χ4v) is 9.03. The molecule has 1 N–H and O–H groups in total. The molecule has 2 nitrogen and oxygen atoms in total. The van der Waals surface area contributed by atoms with Crippen LogP contribution in [0.15, 0.2) is 23.3 Å². The van der Waals surface area contributed by atoms with Crippen molar-refractivity contribution in [3.8, 4) is 0 Å². The molecule has 31 heavy (non-hydrogen) atoms. The second kappa shape index (κ2) is 7.86. The van der Waals surface area contributed by atoms with Gasteiger partial charge in [-0.1, -0.05) is 57.9 Å². The van der Waals surface area contributed by atoms with Crippen molar-refractivity contribution in [3.63, 3.8) is 0 Å². The van der Waals surface area contributed by atoms with Gasteiger partial charge in [0.15, 0.2) is 0 Å². The van der Waals surface area contributed by atoms with Crippen LogP contribution in [0, 0.1) is 45.8 Å². The van der Waals surface area contributed by atoms with Crippen LogP contribution in [0.25, 0.3) is 0 Å². The number of allylic oxidation sites excluding steroid dienone is 3. The SMILES string of the molecule is CC(C)=CCC[C@@H](C)[C@H]1CC[C@H]2[C@@H]3CC=C4C(C)(C)[C@@H](O)CC[C@]4(C)[C@H]3C(=O)C[C@]12C. The summed E-state index contributed by atoms with van der Waals surface area (Å²) < 4.78 is 0. The standard InChI is InChI=1S/C29H46O2/c1-18(2)9-8-10-19(3)21-12-13-22-20-11-14-24-27(4,5)25(31)15-16-28(24,6)26(20)23(30)17-29(21,22)7/h9,14,19-22,25-26,31H,8,10-13,15-17H2,1-7H3/t19-,20+,21-,22+,25+,26-,28+,29-/m1/s1. The summed E-state index contributed by atoms with van der Waals surface area (Å²) in [6, 6.07) is 0. The smallest absolute Gasteiger partial charge is 0.137 e. The van der Waals surface area contributed by atoms with E-state index in [0.717, 1.165) is 25.7 Å². The maximum Gasteiger partial charge on any atom is 0.137 e. The minimum absolute atomic E-state index is 0.0583. The third-order valence-corrected chi connectivity index (χ3v) is 10.6. The Bertz CT molecular complexity index is 785. The van der Waals surface area contributed by atoms with Crippen LogP contribution >= 0.6 is 0 Å². The highest BCUT2D eigenvalue weighted by molar-refractivity contribution is 5.85. The third-order valence-electron chi connectivity index (χ3n) is 10.6. The van der Waals surface area contributed by atoms with Crippen molar-refractivity contribution >= 4 is 5.78 Å². The Hall–Kier alpha value is -0.890. The van der Waals surface area contributed by atoms with Crippen molar-refractivity contribution in [1.29, 1.82) is 0 Å². The number of aliphatic hydroxyl groups excluding tert-OH is 1. The Kier molecular flexibility index (Phi) is 5.90. The van der Waals surface area contributed by atoms with Crippen LogP contribution < -0.4 is 0 Å². The molecule has 0 spiro atoms. The molecule has 0 heterocycles. The van der Waals surface area contributed by atoms with Gasteiger partial charge in [0.2, 0.25) is 0 Å². The van der Waals surface area contributed by atoms with Gasteiger partial charge in [-0.2, -0.15) is 0 Å². The lowest BCUT2D eigenvalue weighted by Crippen LogP contribution is -2.57. The maximum absolute atomic E-state index is 13.9. The zero-order chi connectivity index (χ0) is 22.8. The van der Waals surface area contributed by atoms with E-state index in [1.807, 2.05) is 0 Å². The Morgan fingerprint density at radius 1 is 1.19 bits per heavy atom. The summed E-state index contributed by atoms with van der Waals surface area (Å²) in [6.07, 6.45) is 13.2. The van der Waals surface area contributed by atoms with E-state index < -0.39 is 0 Å². The number of ketones is 1. The molecule has 0 bridgehead atoms. The van der Waals surface area contributed by atoms with Gasteiger partial charge >= 0.3 is 0 Å². The monoisotopic (exact) mass is 426 g/mol. The number of aliphatic hydroxyl groups is 1. The largest absolute Gasteiger partial charge is 0.392 e. The van der Waals surface area contributed by atoms with Gasteiger partial charge in [-0.25, -0.2) is 0 Å². The van der Waals surface area contributed by atoms with Crippen molar-refractivity contribution in [2.45, 2.75) is 106 Å². The average Bonchev–Trinajstić information content (AvgIpc) is 3.01. The molecule has 0 saturated heterocycles. The minimum atomic E-state index is -0.287. The van der Waals surface area contributed by atoms with E-state index in [1.54, 1.807) is 0 Å². The molecule has 4 aliphatic carbocycles. The maximum atomic E-state index is 13.9. The number of rotatable bonds is 4. The van der Waals surface area contributed by atoms with Gasteiger partial charge in [0.1, 0.15) is 5.78 Å². The van der Waals surface area contributed by atoms with E-state index in [0.29, 0.717) is 29.5 Å². The summed E-state index contributed by atoms with van der Waals surface area (Å²) in [5.41, 5.74) is 2.69. The first-order valence-electron chi connectivity index (χ1n) is 13.0. The van der Waals surface area contributed by atoms with Crippen LogP contribution in [0.4, 0.5) is 0 Å². The van der Waals surface area contributed by atoms with E-state index in [-0.39, 0.29) is 28.3 Å². The highest BCUT2D eigenvalue weighted by Gasteiger charge is 2.63. The second-order valence-electron chi connectivity index (χ2n) is 13.0. The molecule has 0 unspecified atom stereocenters. The minimum Gasteiger partial charge on any atom is -0.392 e. The van der Waals surface area contributed by atoms with E-state index in [1.165, 1.54) is 36.8 Å². The summed E-state index contributed by atoms with van der Waals surface area (Å²) in [7, 11) is 0. The van der Waals surface area contributed by atoms with E-state index in [2.05, 4.69) is 60.6 Å². The van der Waals surface area contributed by atoms with E-state index in [4.69, 9.17) is 0 Å². The fourth-order valence-electron chi connectivity index (χ4n) is 9.03. The van der Waals surface area contributed by atoms with Crippen molar-refractivity contribution in [1.82, 2.24) is 0 Å². The Balaban J connectivity index is 1.62. The second-order valence-corrected chi connectivity index (χ2v) is 13.0. The van der Waals surface area contributed by atoms with Gasteiger partial charge in [-0.05, 0) is 93.3 Å². The first-order chi connectivity index (χ1) is 14.4. The third kappa shape index (κ3) is 3.51. The summed E-state index contributed by atoms with van der Waals surface area (Å²) in [4.78, 5) is 13.9. The molecule has 2 heteroatoms. The molecular formula is C29H46O2. The number of carbonyl (C=O) groups is 1. The lowest BCUT2D eigenvalue weighted by molar-refractivity contribution is -0.147. The van der Waals surface area contributed by atoms with Crippen molar-refractivity contribution < 1.29 is 9.90 Å². The first-order valence-corrected chi connectivity index (χ1v) is 13.0. The van der Waals surface area contributed by atoms with E-state index in [9.17, 15) is 9.90 Å². The van der Waals surface area contributed by atoms with Gasteiger partial charge in [0, 0.05) is 17.8 Å². The molecular weight excluding hydrogens is 380 g/mol. The molecule has 174 valence electrons. The summed E-state index contributed by atoms with van der Waals surface area (Å²) in [5, 5.41) is 10.7. The number of carbonyl (C=O) groups excluding carboxylic acids is 1. The Labute approximate surface area is 191 Å². The van der Waals surface area contributed by atoms with Gasteiger partial charge < -0.3 is 5.11 Å². The number of hydrogen-bond acceptors (Lipinski definition) is 2. The van der Waals surface area contributed by atoms with Crippen molar-refractivity contribution in [3.05, 3.63) is 23.3 Å². The molecule has 0 radical (unpaired) electrons. The van der Waals surface area contributed by atoms with Crippen LogP contribution in [0.2, 0.25) is 0 Å². The highest BCUT2D eigenvalue weighted by atomic mass is 16.3. The normalized spacial score (nSPS) is 44.6. The van der Waals surface area contributed by atoms with Gasteiger partial charge in [0.05, 0.1) is 6.10 Å². The quantitative estimate of drug-likeness (QED) is 0.486. The van der Waals surface area contributed by atoms with Crippen LogP contribution in [0.3, 0.4) is 0 Å². The van der Waals surface area contributed by atoms with Crippen LogP contribution in [0.1, 0.15) is 99.8 Å². The summed E-state index contributed by atoms with van der Waals surface area (Å²) in [6.45, 7) is 16.0. The lowest BCUT2D eigenvalue weighted by atomic mass is 9.44. The highest BCUT2D eigenvalue weighted by Crippen LogP contribution is 2.68. The lowest BCUT2D eigenvalue weighted by Gasteiger charge is -2.60. The number of hydrogen-bond donors (Lipinski definition) is 1. The van der Waals surface area contributed by atoms with Gasteiger partial charge in [0.25, 0.3) is 0 Å². The molecule has 0 aliphatic heterocycles. The van der Waals surface area contributed by atoms with Gasteiger partial charge in [-0.3, -0.25) is 4.79 Å². The molecule has 0 amide bonds. The predicted octanol–water partition coefficient (Wildman–Crippen LogP) is 7.12. The summed E-state index contributed by atoms with van der Waals surface area (Å²) >= 11 is 0. The Morgan fingerprint density at radius 3 is 2.58 bits per heavy atom. The van der Waals surface area contributed by atoms with E-state index >= 15 is 0 Å². The number of Topliss-reactive ketones (excluding diaryl/α,β-unsaturated/α-hetero) is 1. The van der Waals surface area contributed by atoms with Crippen molar-refractivity contribution in [2.75, 3.05) is 0 Å². The number of fused-ring (bicyclic) bond motifs is 5. The van der Waals surface area contributed by atoms with Crippen molar-refractivity contribution in [2.24, 2.45) is 45.8 Å². The first kappa shape index (κ1) is 23.3.